The fourth-order valence-corrected chi connectivity index (χ4v) is 4.06. The molecule has 0 aliphatic carbocycles. The van der Waals surface area contributed by atoms with Crippen molar-refractivity contribution in [2.24, 2.45) is 0 Å². The average molecular weight is 340 g/mol. The lowest BCUT2D eigenvalue weighted by Gasteiger charge is -2.18. The number of benzene rings is 1. The first kappa shape index (κ1) is 16.9. The summed E-state index contributed by atoms with van der Waals surface area (Å²) in [6.07, 6.45) is 6.52. The Morgan fingerprint density at radius 1 is 1.29 bits per heavy atom. The summed E-state index contributed by atoms with van der Waals surface area (Å²) in [6.45, 7) is 4.46. The van der Waals surface area contributed by atoms with E-state index >= 15 is 0 Å². The molecule has 3 rings (SSSR count). The van der Waals surface area contributed by atoms with Crippen molar-refractivity contribution in [2.45, 2.75) is 25.8 Å². The highest BCUT2D eigenvalue weighted by Gasteiger charge is 2.21. The lowest BCUT2D eigenvalue weighted by atomic mass is 10.2. The number of carbonyl (C=O) groups excluding carboxylic acids is 1. The maximum absolute atomic E-state index is 12.7. The van der Waals surface area contributed by atoms with E-state index in [1.54, 1.807) is 11.3 Å². The topological polar surface area (TPSA) is 32.3 Å². The van der Waals surface area contributed by atoms with Gasteiger partial charge in [-0.05, 0) is 44.0 Å². The van der Waals surface area contributed by atoms with Gasteiger partial charge in [0, 0.05) is 24.0 Å². The molecule has 1 N–H and O–H groups in total. The van der Waals surface area contributed by atoms with Gasteiger partial charge in [0.05, 0.1) is 4.88 Å². The first-order valence-electron chi connectivity index (χ1n) is 8.62. The third-order valence-electron chi connectivity index (χ3n) is 4.35. The largest absolute Gasteiger partial charge is 0.334 e. The van der Waals surface area contributed by atoms with Gasteiger partial charge in [0.15, 0.2) is 0 Å². The molecule has 1 amide bonds. The lowest BCUT2D eigenvalue weighted by molar-refractivity contribution is 0.0787. The summed E-state index contributed by atoms with van der Waals surface area (Å²) < 4.78 is 0. The Morgan fingerprint density at radius 3 is 2.83 bits per heavy atom. The molecule has 0 spiro atoms. The van der Waals surface area contributed by atoms with Crippen LogP contribution in [-0.2, 0) is 0 Å². The molecule has 0 radical (unpaired) electrons. The Balaban J connectivity index is 1.62. The number of rotatable bonds is 6. The van der Waals surface area contributed by atoms with Gasteiger partial charge in [-0.3, -0.25) is 4.79 Å². The summed E-state index contributed by atoms with van der Waals surface area (Å²) in [7, 11) is 0. The van der Waals surface area contributed by atoms with Crippen LogP contribution in [0.4, 0.5) is 0 Å². The molecule has 0 saturated carbocycles. The van der Waals surface area contributed by atoms with Crippen LogP contribution in [0.1, 0.15) is 45.9 Å². The first-order chi connectivity index (χ1) is 11.8. The Labute approximate surface area is 148 Å². The van der Waals surface area contributed by atoms with Gasteiger partial charge in [-0.25, -0.2) is 0 Å². The quantitative estimate of drug-likeness (QED) is 0.848. The van der Waals surface area contributed by atoms with Gasteiger partial charge >= 0.3 is 0 Å². The molecular formula is C20H24N2OS. The van der Waals surface area contributed by atoms with Crippen LogP contribution in [0, 0.1) is 0 Å². The Hall–Kier alpha value is -1.91. The van der Waals surface area contributed by atoms with Crippen molar-refractivity contribution >= 4 is 23.3 Å². The minimum absolute atomic E-state index is 0.129. The van der Waals surface area contributed by atoms with Crippen LogP contribution < -0.4 is 5.32 Å². The van der Waals surface area contributed by atoms with E-state index in [2.05, 4.69) is 35.7 Å². The first-order valence-corrected chi connectivity index (χ1v) is 9.43. The van der Waals surface area contributed by atoms with Gasteiger partial charge in [-0.15, -0.1) is 11.3 Å². The summed E-state index contributed by atoms with van der Waals surface area (Å²) in [5, 5.41) is 3.50. The molecule has 1 aromatic heterocycles. The van der Waals surface area contributed by atoms with Crippen LogP contribution in [0.3, 0.4) is 0 Å². The second-order valence-electron chi connectivity index (χ2n) is 6.01. The van der Waals surface area contributed by atoms with E-state index in [-0.39, 0.29) is 5.91 Å². The van der Waals surface area contributed by atoms with E-state index in [4.69, 9.17) is 0 Å². The van der Waals surface area contributed by atoms with Crippen molar-refractivity contribution in [1.82, 2.24) is 10.2 Å². The van der Waals surface area contributed by atoms with Gasteiger partial charge in [-0.2, -0.15) is 0 Å². The van der Waals surface area contributed by atoms with Crippen molar-refractivity contribution in [3.05, 3.63) is 63.9 Å². The van der Waals surface area contributed by atoms with Crippen LogP contribution in [-0.4, -0.2) is 30.4 Å². The van der Waals surface area contributed by atoms with E-state index in [0.29, 0.717) is 19.1 Å². The normalized spacial score (nSPS) is 17.5. The predicted molar refractivity (Wildman–Crippen MR) is 101 cm³/mol. The number of likely N-dealkylation sites (N-methyl/N-ethyl adjacent to an activating group) is 1. The smallest absolute Gasteiger partial charge is 0.264 e. The highest BCUT2D eigenvalue weighted by atomic mass is 32.1. The third-order valence-corrected chi connectivity index (χ3v) is 5.53. The average Bonchev–Trinajstić information content (AvgIpc) is 3.30. The highest BCUT2D eigenvalue weighted by Crippen LogP contribution is 2.29. The van der Waals surface area contributed by atoms with Crippen molar-refractivity contribution in [1.29, 1.82) is 0 Å². The fraction of sp³-hybridized carbons (Fsp3) is 0.350. The van der Waals surface area contributed by atoms with Crippen molar-refractivity contribution in [3.63, 3.8) is 0 Å². The molecule has 2 aromatic rings. The molecule has 1 aliphatic rings. The zero-order chi connectivity index (χ0) is 16.8. The number of nitrogens with one attached hydrogen (secondary N) is 1. The van der Waals surface area contributed by atoms with Crippen LogP contribution in [0.2, 0.25) is 0 Å². The van der Waals surface area contributed by atoms with Crippen LogP contribution in [0.15, 0.2) is 48.5 Å². The molecule has 1 atom stereocenters. The second-order valence-corrected chi connectivity index (χ2v) is 7.12. The fourth-order valence-electron chi connectivity index (χ4n) is 2.97. The monoisotopic (exact) mass is 340 g/mol. The molecule has 3 nitrogen and oxygen atoms in total. The van der Waals surface area contributed by atoms with Crippen LogP contribution >= 0.6 is 11.3 Å². The molecule has 24 heavy (non-hydrogen) atoms. The number of nitrogens with zero attached hydrogens (tertiary/aromatic N) is 1. The van der Waals surface area contributed by atoms with Gasteiger partial charge in [0.25, 0.3) is 5.91 Å². The van der Waals surface area contributed by atoms with E-state index < -0.39 is 0 Å². The molecule has 0 bridgehead atoms. The molecule has 1 saturated heterocycles. The number of hydrogen-bond donors (Lipinski definition) is 1. The lowest BCUT2D eigenvalue weighted by Crippen LogP contribution is -2.30. The summed E-state index contributed by atoms with van der Waals surface area (Å²) in [6, 6.07) is 14.7. The summed E-state index contributed by atoms with van der Waals surface area (Å²) in [5.74, 6) is 0.129. The number of carbonyl (C=O) groups is 1. The Morgan fingerprint density at radius 2 is 2.12 bits per heavy atom. The van der Waals surface area contributed by atoms with Crippen molar-refractivity contribution in [3.8, 4) is 0 Å². The van der Waals surface area contributed by atoms with Gasteiger partial charge in [0.2, 0.25) is 0 Å². The van der Waals surface area contributed by atoms with E-state index in [1.165, 1.54) is 17.7 Å². The number of amides is 1. The minimum atomic E-state index is 0.129. The molecule has 1 aliphatic heterocycles. The summed E-state index contributed by atoms with van der Waals surface area (Å²) >= 11 is 1.63. The highest BCUT2D eigenvalue weighted by molar-refractivity contribution is 7.14. The summed E-state index contributed by atoms with van der Waals surface area (Å²) in [5.41, 5.74) is 1.16. The second kappa shape index (κ2) is 8.27. The van der Waals surface area contributed by atoms with Crippen LogP contribution in [0.25, 0.3) is 6.08 Å². The Bertz CT molecular complexity index is 687. The predicted octanol–water partition coefficient (Wildman–Crippen LogP) is 4.35. The summed E-state index contributed by atoms with van der Waals surface area (Å²) in [4.78, 5) is 16.7. The van der Waals surface area contributed by atoms with Gasteiger partial charge in [-0.1, -0.05) is 42.5 Å². The zero-order valence-corrected chi connectivity index (χ0v) is 14.9. The van der Waals surface area contributed by atoms with Gasteiger partial charge in [0.1, 0.15) is 0 Å². The molecule has 2 heterocycles. The van der Waals surface area contributed by atoms with Crippen molar-refractivity contribution < 1.29 is 4.79 Å². The molecule has 1 fully saturated rings. The maximum Gasteiger partial charge on any atom is 0.264 e. The zero-order valence-electron chi connectivity index (χ0n) is 14.1. The number of hydrogen-bond acceptors (Lipinski definition) is 3. The molecule has 4 heteroatoms. The molecule has 0 unspecified atom stereocenters. The van der Waals surface area contributed by atoms with E-state index in [1.807, 2.05) is 36.1 Å². The van der Waals surface area contributed by atoms with E-state index in [9.17, 15) is 4.79 Å². The molecule has 126 valence electrons. The molecular weight excluding hydrogens is 316 g/mol. The van der Waals surface area contributed by atoms with Gasteiger partial charge < -0.3 is 10.2 Å². The van der Waals surface area contributed by atoms with E-state index in [0.717, 1.165) is 17.0 Å². The van der Waals surface area contributed by atoms with Crippen LogP contribution in [0.5, 0.6) is 0 Å². The number of thiophene rings is 1. The maximum atomic E-state index is 12.7. The van der Waals surface area contributed by atoms with Crippen molar-refractivity contribution in [2.75, 3.05) is 19.6 Å². The Kier molecular flexibility index (Phi) is 5.83. The molecule has 1 aromatic carbocycles. The SMILES string of the molecule is CCN(C/C=C/c1ccccc1)C(=O)c1ccc([C@H]2CCCN2)s1. The standard InChI is InChI=1S/C20H24N2OS/c1-2-22(15-7-10-16-8-4-3-5-9-16)20(23)19-13-12-18(24-19)17-11-6-14-21-17/h3-5,7-10,12-13,17,21H,2,6,11,14-15H2,1H3/b10-7+/t17-/m1/s1. The minimum Gasteiger partial charge on any atom is -0.334 e. The third kappa shape index (κ3) is 4.13.